The fraction of sp³-hybridized carbons (Fsp3) is 0.650. The van der Waals surface area contributed by atoms with Gasteiger partial charge in [0.15, 0.2) is 0 Å². The number of anilines is 1. The molecule has 25 heavy (non-hydrogen) atoms. The number of amides is 2. The molecule has 1 saturated carbocycles. The number of carbonyl (C=O) groups excluding carboxylic acids is 1. The lowest BCUT2D eigenvalue weighted by atomic mass is 9.86. The van der Waals surface area contributed by atoms with E-state index in [0.29, 0.717) is 6.54 Å². The maximum Gasteiger partial charge on any atom is 0.317 e. The van der Waals surface area contributed by atoms with Gasteiger partial charge in [0.2, 0.25) is 0 Å². The lowest BCUT2D eigenvalue weighted by Crippen LogP contribution is -2.52. The first-order chi connectivity index (χ1) is 12.1. The Kier molecular flexibility index (Phi) is 6.19. The molecule has 0 spiro atoms. The van der Waals surface area contributed by atoms with Crippen LogP contribution >= 0.6 is 0 Å². The molecular formula is C20H31N3O2. The number of nitrogens with one attached hydrogen (secondary N) is 1. The van der Waals surface area contributed by atoms with E-state index < -0.39 is 0 Å². The third kappa shape index (κ3) is 4.88. The molecule has 1 heterocycles. The Morgan fingerprint density at radius 3 is 2.72 bits per heavy atom. The molecule has 5 heteroatoms. The number of nitrogens with zero attached hydrogens (tertiary/aromatic N) is 2. The second-order valence-electron chi connectivity index (χ2n) is 7.56. The van der Waals surface area contributed by atoms with Crippen LogP contribution in [0.15, 0.2) is 30.3 Å². The number of hydrogen-bond donors (Lipinski definition) is 2. The molecule has 5 nitrogen and oxygen atoms in total. The van der Waals surface area contributed by atoms with Crippen molar-refractivity contribution in [2.24, 2.45) is 5.92 Å². The molecule has 3 atom stereocenters. The van der Waals surface area contributed by atoms with Crippen molar-refractivity contribution in [3.63, 3.8) is 0 Å². The monoisotopic (exact) mass is 345 g/mol. The number of aliphatic hydroxyl groups excluding tert-OH is 1. The van der Waals surface area contributed by atoms with E-state index in [2.05, 4.69) is 34.5 Å². The standard InChI is InChI=1S/C20H31N3O2/c1-22(14-16-8-5-6-12-19(16)24)20(25)21-17-9-7-13-23(15-17)18-10-3-2-4-11-18/h2-4,10-11,16-17,19,24H,5-9,12-15H2,1H3,(H,21,25). The maximum atomic E-state index is 12.5. The van der Waals surface area contributed by atoms with E-state index in [1.54, 1.807) is 4.90 Å². The normalized spacial score (nSPS) is 27.0. The number of hydrogen-bond acceptors (Lipinski definition) is 3. The molecule has 1 aromatic carbocycles. The number of piperidine rings is 1. The Labute approximate surface area is 151 Å². The van der Waals surface area contributed by atoms with E-state index in [1.807, 2.05) is 13.1 Å². The minimum Gasteiger partial charge on any atom is -0.393 e. The number of urea groups is 1. The van der Waals surface area contributed by atoms with Gasteiger partial charge in [-0.25, -0.2) is 4.79 Å². The van der Waals surface area contributed by atoms with Crippen molar-refractivity contribution in [2.45, 2.75) is 50.7 Å². The van der Waals surface area contributed by atoms with Crippen molar-refractivity contribution in [3.8, 4) is 0 Å². The summed E-state index contributed by atoms with van der Waals surface area (Å²) in [6, 6.07) is 10.6. The first kappa shape index (κ1) is 18.1. The Morgan fingerprint density at radius 2 is 1.96 bits per heavy atom. The van der Waals surface area contributed by atoms with E-state index in [4.69, 9.17) is 0 Å². The molecule has 2 N–H and O–H groups in total. The fourth-order valence-electron chi connectivity index (χ4n) is 4.09. The molecular weight excluding hydrogens is 314 g/mol. The molecule has 0 bridgehead atoms. The lowest BCUT2D eigenvalue weighted by molar-refractivity contribution is 0.0562. The van der Waals surface area contributed by atoms with Gasteiger partial charge in [-0.15, -0.1) is 0 Å². The number of para-hydroxylation sites is 1. The predicted molar refractivity (Wildman–Crippen MR) is 101 cm³/mol. The van der Waals surface area contributed by atoms with Crippen LogP contribution in [0.25, 0.3) is 0 Å². The largest absolute Gasteiger partial charge is 0.393 e. The third-order valence-electron chi connectivity index (χ3n) is 5.59. The van der Waals surface area contributed by atoms with Gasteiger partial charge in [-0.2, -0.15) is 0 Å². The van der Waals surface area contributed by atoms with Crippen molar-refractivity contribution >= 4 is 11.7 Å². The van der Waals surface area contributed by atoms with E-state index in [-0.39, 0.29) is 24.1 Å². The van der Waals surface area contributed by atoms with E-state index in [0.717, 1.165) is 51.6 Å². The van der Waals surface area contributed by atoms with Gasteiger partial charge in [-0.05, 0) is 37.8 Å². The summed E-state index contributed by atoms with van der Waals surface area (Å²) < 4.78 is 0. The number of rotatable bonds is 4. The summed E-state index contributed by atoms with van der Waals surface area (Å²) in [7, 11) is 1.84. The molecule has 2 aliphatic rings. The zero-order valence-corrected chi connectivity index (χ0v) is 15.2. The fourth-order valence-corrected chi connectivity index (χ4v) is 4.09. The van der Waals surface area contributed by atoms with Gasteiger partial charge >= 0.3 is 6.03 Å². The summed E-state index contributed by atoms with van der Waals surface area (Å²) in [6.07, 6.45) is 6.00. The molecule has 138 valence electrons. The van der Waals surface area contributed by atoms with Gasteiger partial charge in [0.1, 0.15) is 0 Å². The van der Waals surface area contributed by atoms with Crippen LogP contribution in [0.2, 0.25) is 0 Å². The zero-order chi connectivity index (χ0) is 17.6. The van der Waals surface area contributed by atoms with Gasteiger partial charge in [-0.1, -0.05) is 31.0 Å². The van der Waals surface area contributed by atoms with Crippen LogP contribution in [0.4, 0.5) is 10.5 Å². The Bertz CT molecular complexity index is 551. The second kappa shape index (κ2) is 8.56. The quantitative estimate of drug-likeness (QED) is 0.882. The minimum absolute atomic E-state index is 0.0160. The highest BCUT2D eigenvalue weighted by Crippen LogP contribution is 2.25. The Morgan fingerprint density at radius 1 is 1.20 bits per heavy atom. The summed E-state index contributed by atoms with van der Waals surface area (Å²) >= 11 is 0. The van der Waals surface area contributed by atoms with E-state index in [9.17, 15) is 9.90 Å². The predicted octanol–water partition coefficient (Wildman–Crippen LogP) is 2.85. The van der Waals surface area contributed by atoms with Gasteiger partial charge in [0.25, 0.3) is 0 Å². The average Bonchev–Trinajstić information content (AvgIpc) is 2.64. The van der Waals surface area contributed by atoms with Crippen LogP contribution in [0.1, 0.15) is 38.5 Å². The Hall–Kier alpha value is -1.75. The van der Waals surface area contributed by atoms with Crippen LogP contribution in [0.3, 0.4) is 0 Å². The highest BCUT2D eigenvalue weighted by atomic mass is 16.3. The van der Waals surface area contributed by atoms with Crippen molar-refractivity contribution in [2.75, 3.05) is 31.6 Å². The molecule has 1 aliphatic carbocycles. The number of carbonyl (C=O) groups is 1. The number of benzene rings is 1. The molecule has 1 aromatic rings. The average molecular weight is 345 g/mol. The minimum atomic E-state index is -0.257. The van der Waals surface area contributed by atoms with Crippen LogP contribution < -0.4 is 10.2 Å². The summed E-state index contributed by atoms with van der Waals surface area (Å²) in [5, 5.41) is 13.3. The van der Waals surface area contributed by atoms with Crippen LogP contribution in [0.5, 0.6) is 0 Å². The third-order valence-corrected chi connectivity index (χ3v) is 5.59. The molecule has 2 fully saturated rings. The van der Waals surface area contributed by atoms with Gasteiger partial charge in [-0.3, -0.25) is 0 Å². The molecule has 0 radical (unpaired) electrons. The second-order valence-corrected chi connectivity index (χ2v) is 7.56. The molecule has 1 aliphatic heterocycles. The molecule has 1 saturated heterocycles. The smallest absolute Gasteiger partial charge is 0.317 e. The van der Waals surface area contributed by atoms with E-state index in [1.165, 1.54) is 5.69 Å². The highest BCUT2D eigenvalue weighted by molar-refractivity contribution is 5.74. The van der Waals surface area contributed by atoms with Gasteiger partial charge in [0.05, 0.1) is 6.10 Å². The van der Waals surface area contributed by atoms with Crippen LogP contribution in [-0.4, -0.2) is 54.9 Å². The highest BCUT2D eigenvalue weighted by Gasteiger charge is 2.27. The van der Waals surface area contributed by atoms with Crippen LogP contribution in [0, 0.1) is 5.92 Å². The summed E-state index contributed by atoms with van der Waals surface area (Å²) in [5.74, 6) is 0.219. The number of aliphatic hydroxyl groups is 1. The molecule has 2 amide bonds. The van der Waals surface area contributed by atoms with Gasteiger partial charge in [0, 0.05) is 44.3 Å². The van der Waals surface area contributed by atoms with Crippen molar-refractivity contribution in [1.82, 2.24) is 10.2 Å². The molecule has 3 rings (SSSR count). The van der Waals surface area contributed by atoms with Crippen molar-refractivity contribution < 1.29 is 9.90 Å². The zero-order valence-electron chi connectivity index (χ0n) is 15.2. The molecule has 0 aromatic heterocycles. The Balaban J connectivity index is 1.50. The summed E-state index contributed by atoms with van der Waals surface area (Å²) in [6.45, 7) is 2.54. The summed E-state index contributed by atoms with van der Waals surface area (Å²) in [4.78, 5) is 16.6. The van der Waals surface area contributed by atoms with Crippen molar-refractivity contribution in [1.29, 1.82) is 0 Å². The molecule has 3 unspecified atom stereocenters. The SMILES string of the molecule is CN(CC1CCCCC1O)C(=O)NC1CCCN(c2ccccc2)C1. The topological polar surface area (TPSA) is 55.8 Å². The first-order valence-corrected chi connectivity index (χ1v) is 9.63. The maximum absolute atomic E-state index is 12.5. The van der Waals surface area contributed by atoms with E-state index >= 15 is 0 Å². The van der Waals surface area contributed by atoms with Crippen LogP contribution in [-0.2, 0) is 0 Å². The summed E-state index contributed by atoms with van der Waals surface area (Å²) in [5.41, 5.74) is 1.22. The lowest BCUT2D eigenvalue weighted by Gasteiger charge is -2.36. The van der Waals surface area contributed by atoms with Crippen molar-refractivity contribution in [3.05, 3.63) is 30.3 Å². The van der Waals surface area contributed by atoms with Gasteiger partial charge < -0.3 is 20.2 Å². The first-order valence-electron chi connectivity index (χ1n) is 9.63.